The van der Waals surface area contributed by atoms with E-state index in [0.717, 1.165) is 0 Å². The summed E-state index contributed by atoms with van der Waals surface area (Å²) in [6.45, 7) is 9.60. The van der Waals surface area contributed by atoms with Crippen LogP contribution in [0.2, 0.25) is 0 Å². The summed E-state index contributed by atoms with van der Waals surface area (Å²) >= 11 is 0. The molecule has 0 radical (unpaired) electrons. The molecule has 2 aromatic carbocycles. The Bertz CT molecular complexity index is 907. The van der Waals surface area contributed by atoms with Crippen molar-refractivity contribution in [2.45, 2.75) is 64.3 Å². The van der Waals surface area contributed by atoms with Gasteiger partial charge in [-0.25, -0.2) is 0 Å². The average molecular weight is 330 g/mol. The van der Waals surface area contributed by atoms with Crippen molar-refractivity contribution in [2.24, 2.45) is 5.41 Å². The lowest BCUT2D eigenvalue weighted by atomic mass is 9.66. The van der Waals surface area contributed by atoms with E-state index in [-0.39, 0.29) is 5.41 Å². The van der Waals surface area contributed by atoms with Crippen molar-refractivity contribution >= 4 is 11.9 Å². The number of rotatable bonds is 1. The van der Waals surface area contributed by atoms with Crippen LogP contribution in [0.4, 0.5) is 5.69 Å². The van der Waals surface area contributed by atoms with Crippen LogP contribution in [0, 0.1) is 5.41 Å². The van der Waals surface area contributed by atoms with Crippen LogP contribution >= 0.6 is 0 Å². The molecule has 128 valence electrons. The molecule has 1 fully saturated rings. The molecule has 0 N–H and O–H groups in total. The van der Waals surface area contributed by atoms with Crippen molar-refractivity contribution < 1.29 is 4.58 Å². The molecule has 2 heterocycles. The minimum atomic E-state index is 0.102. The molecule has 1 saturated carbocycles. The van der Waals surface area contributed by atoms with Crippen LogP contribution in [0.15, 0.2) is 42.5 Å². The molecule has 2 aromatic rings. The fourth-order valence-corrected chi connectivity index (χ4v) is 5.44. The molecule has 0 atom stereocenters. The van der Waals surface area contributed by atoms with Gasteiger partial charge >= 0.3 is 0 Å². The first-order valence-corrected chi connectivity index (χ1v) is 9.72. The Balaban J connectivity index is 1.70. The van der Waals surface area contributed by atoms with Gasteiger partial charge in [0.2, 0.25) is 5.69 Å². The molecule has 0 unspecified atom stereocenters. The number of nitrogens with zero attached hydrogens (tertiary/aromatic N) is 1. The van der Waals surface area contributed by atoms with E-state index < -0.39 is 0 Å². The molecule has 6 rings (SSSR count). The maximum absolute atomic E-state index is 2.61. The summed E-state index contributed by atoms with van der Waals surface area (Å²) in [6, 6.07) is 16.1. The third-order valence-corrected chi connectivity index (χ3v) is 7.34. The molecule has 25 heavy (non-hydrogen) atoms. The highest BCUT2D eigenvalue weighted by Gasteiger charge is 2.51. The van der Waals surface area contributed by atoms with Crippen LogP contribution < -0.4 is 0 Å². The maximum Gasteiger partial charge on any atom is 0.205 e. The van der Waals surface area contributed by atoms with Crippen molar-refractivity contribution in [3.63, 3.8) is 0 Å². The summed E-state index contributed by atoms with van der Waals surface area (Å²) in [5, 5.41) is 0. The maximum atomic E-state index is 2.61. The van der Waals surface area contributed by atoms with Gasteiger partial charge in [-0.1, -0.05) is 51.1 Å². The van der Waals surface area contributed by atoms with E-state index in [1.807, 2.05) is 0 Å². The fraction of sp³-hybridized carbons (Fsp3) is 0.458. The van der Waals surface area contributed by atoms with Crippen molar-refractivity contribution in [1.82, 2.24) is 0 Å². The van der Waals surface area contributed by atoms with E-state index in [1.54, 1.807) is 0 Å². The zero-order valence-electron chi connectivity index (χ0n) is 15.9. The SMILES string of the molecule is CC12C=[N+](c3ccc4c(c3)-c3ccccc3C4(C)C)C(C)(CC1)CC2. The Labute approximate surface area is 151 Å². The number of benzene rings is 2. The third kappa shape index (κ3) is 1.99. The Morgan fingerprint density at radius 3 is 2.20 bits per heavy atom. The van der Waals surface area contributed by atoms with E-state index in [4.69, 9.17) is 0 Å². The van der Waals surface area contributed by atoms with E-state index in [1.165, 1.54) is 53.6 Å². The number of hydrogen-bond acceptors (Lipinski definition) is 0. The molecule has 2 bridgehead atoms. The Hall–Kier alpha value is -1.89. The second-order valence-corrected chi connectivity index (χ2v) is 9.55. The molecular formula is C24H28N+. The highest BCUT2D eigenvalue weighted by molar-refractivity contribution is 5.82. The third-order valence-electron chi connectivity index (χ3n) is 7.34. The molecule has 2 aliphatic carbocycles. The molecule has 0 saturated heterocycles. The summed E-state index contributed by atoms with van der Waals surface area (Å²) in [7, 11) is 0. The van der Waals surface area contributed by atoms with Gasteiger partial charge in [0.25, 0.3) is 0 Å². The Morgan fingerprint density at radius 2 is 1.44 bits per heavy atom. The van der Waals surface area contributed by atoms with Crippen LogP contribution in [0.25, 0.3) is 11.1 Å². The first-order chi connectivity index (χ1) is 11.8. The molecular weight excluding hydrogens is 302 g/mol. The standard InChI is InChI=1S/C24H28N/c1-22(2)20-8-6-5-7-18(20)19-15-17(9-10-21(19)22)25-16-23(3)11-13-24(25,4)14-12-23/h5-10,15-16H,11-14H2,1-4H3/q+1. The molecule has 1 nitrogen and oxygen atoms in total. The molecule has 2 aliphatic heterocycles. The quantitative estimate of drug-likeness (QED) is 0.559. The topological polar surface area (TPSA) is 3.01 Å². The lowest BCUT2D eigenvalue weighted by Crippen LogP contribution is -2.51. The molecule has 0 aromatic heterocycles. The van der Waals surface area contributed by atoms with Crippen LogP contribution in [-0.4, -0.2) is 16.3 Å². The monoisotopic (exact) mass is 330 g/mol. The Morgan fingerprint density at radius 1 is 0.760 bits per heavy atom. The van der Waals surface area contributed by atoms with Crippen molar-refractivity contribution in [3.8, 4) is 11.1 Å². The van der Waals surface area contributed by atoms with Crippen LogP contribution in [0.1, 0.15) is 64.5 Å². The largest absolute Gasteiger partial charge is 0.205 e. The normalized spacial score (nSPS) is 31.4. The van der Waals surface area contributed by atoms with E-state index >= 15 is 0 Å². The fourth-order valence-electron chi connectivity index (χ4n) is 5.44. The Kier molecular flexibility index (Phi) is 2.85. The highest BCUT2D eigenvalue weighted by Crippen LogP contribution is 2.51. The van der Waals surface area contributed by atoms with E-state index in [9.17, 15) is 0 Å². The zero-order valence-corrected chi connectivity index (χ0v) is 15.9. The van der Waals surface area contributed by atoms with Gasteiger partial charge in [0.1, 0.15) is 0 Å². The molecule has 0 spiro atoms. The van der Waals surface area contributed by atoms with E-state index in [2.05, 4.69) is 80.9 Å². The number of fused-ring (bicyclic) bond motifs is 5. The van der Waals surface area contributed by atoms with Crippen LogP contribution in [0.3, 0.4) is 0 Å². The minimum absolute atomic E-state index is 0.102. The summed E-state index contributed by atoms with van der Waals surface area (Å²) in [4.78, 5) is 0. The summed E-state index contributed by atoms with van der Waals surface area (Å²) < 4.78 is 2.61. The highest BCUT2D eigenvalue weighted by atomic mass is 15.1. The summed E-state index contributed by atoms with van der Waals surface area (Å²) in [5.74, 6) is 0. The lowest BCUT2D eigenvalue weighted by Gasteiger charge is -2.43. The van der Waals surface area contributed by atoms with Gasteiger partial charge in [-0.3, -0.25) is 0 Å². The lowest BCUT2D eigenvalue weighted by molar-refractivity contribution is -0.547. The van der Waals surface area contributed by atoms with Crippen LogP contribution in [-0.2, 0) is 5.41 Å². The predicted octanol–water partition coefficient (Wildman–Crippen LogP) is 6.06. The van der Waals surface area contributed by atoms with Crippen molar-refractivity contribution in [2.75, 3.05) is 0 Å². The van der Waals surface area contributed by atoms with Crippen molar-refractivity contribution in [3.05, 3.63) is 53.6 Å². The number of hydrogen-bond donors (Lipinski definition) is 0. The van der Waals surface area contributed by atoms with Gasteiger partial charge < -0.3 is 0 Å². The minimum Gasteiger partial charge on any atom is -0.197 e. The summed E-state index contributed by atoms with van der Waals surface area (Å²) in [6.07, 6.45) is 7.81. The predicted molar refractivity (Wildman–Crippen MR) is 105 cm³/mol. The zero-order chi connectivity index (χ0) is 17.4. The van der Waals surface area contributed by atoms with Gasteiger partial charge in [-0.05, 0) is 35.1 Å². The smallest absolute Gasteiger partial charge is 0.197 e. The average Bonchev–Trinajstić information content (AvgIpc) is 2.84. The second-order valence-electron chi connectivity index (χ2n) is 9.55. The first kappa shape index (κ1) is 15.4. The van der Waals surface area contributed by atoms with E-state index in [0.29, 0.717) is 11.0 Å². The molecule has 1 heteroatoms. The van der Waals surface area contributed by atoms with Gasteiger partial charge in [-0.15, -0.1) is 0 Å². The van der Waals surface area contributed by atoms with Crippen LogP contribution in [0.5, 0.6) is 0 Å². The van der Waals surface area contributed by atoms with Gasteiger partial charge in [0, 0.05) is 42.7 Å². The van der Waals surface area contributed by atoms with Crippen molar-refractivity contribution in [1.29, 1.82) is 0 Å². The van der Waals surface area contributed by atoms with Gasteiger partial charge in [-0.2, -0.15) is 4.58 Å². The first-order valence-electron chi connectivity index (χ1n) is 9.72. The summed E-state index contributed by atoms with van der Waals surface area (Å²) in [5.41, 5.74) is 7.93. The molecule has 0 amide bonds. The van der Waals surface area contributed by atoms with Gasteiger partial charge in [0.15, 0.2) is 11.8 Å². The second kappa shape index (κ2) is 4.63. The molecule has 4 aliphatic rings. The van der Waals surface area contributed by atoms with Gasteiger partial charge in [0.05, 0.1) is 0 Å².